The first-order valence-electron chi connectivity index (χ1n) is 7.78. The van der Waals surface area contributed by atoms with Crippen LogP contribution in [0.5, 0.6) is 0 Å². The van der Waals surface area contributed by atoms with Gasteiger partial charge in [0.25, 0.3) is 6.43 Å². The van der Waals surface area contributed by atoms with Gasteiger partial charge in [0, 0.05) is 38.1 Å². The molecule has 24 heavy (non-hydrogen) atoms. The molecular weight excluding hydrogens is 316 g/mol. The minimum Gasteiger partial charge on any atom is -0.368 e. The van der Waals surface area contributed by atoms with Crippen molar-refractivity contribution in [2.75, 3.05) is 36.4 Å². The van der Waals surface area contributed by atoms with Crippen molar-refractivity contribution in [1.29, 1.82) is 0 Å². The fourth-order valence-corrected chi connectivity index (χ4v) is 2.68. The molecule has 2 aromatic rings. The summed E-state index contributed by atoms with van der Waals surface area (Å²) >= 11 is 0. The third kappa shape index (κ3) is 4.01. The summed E-state index contributed by atoms with van der Waals surface area (Å²) in [7, 11) is 0. The Kier molecular flexibility index (Phi) is 4.93. The van der Waals surface area contributed by atoms with Gasteiger partial charge in [-0.1, -0.05) is 18.2 Å². The monoisotopic (exact) mass is 335 g/mol. The van der Waals surface area contributed by atoms with Gasteiger partial charge in [0.2, 0.25) is 0 Å². The number of hydrogen-bond acceptors (Lipinski definition) is 3. The molecule has 1 aromatic carbocycles. The molecule has 128 valence electrons. The topological polar surface area (TPSA) is 53.4 Å². The predicted octanol–water partition coefficient (Wildman–Crippen LogP) is 2.50. The van der Waals surface area contributed by atoms with Gasteiger partial charge in [-0.05, 0) is 12.1 Å². The van der Waals surface area contributed by atoms with Crippen molar-refractivity contribution >= 4 is 17.4 Å². The van der Waals surface area contributed by atoms with Gasteiger partial charge in [-0.15, -0.1) is 0 Å². The molecule has 1 aliphatic rings. The molecular formula is C16H19F2N5O. The minimum atomic E-state index is -2.47. The molecule has 1 aromatic heterocycles. The van der Waals surface area contributed by atoms with Crippen LogP contribution in [0.3, 0.4) is 0 Å². The quantitative estimate of drug-likeness (QED) is 0.934. The van der Waals surface area contributed by atoms with Gasteiger partial charge in [-0.25, -0.2) is 13.6 Å². The lowest BCUT2D eigenvalue weighted by molar-refractivity contribution is 0.122. The molecule has 1 saturated heterocycles. The highest BCUT2D eigenvalue weighted by molar-refractivity contribution is 5.89. The zero-order chi connectivity index (χ0) is 16.9. The number of alkyl halides is 2. The van der Waals surface area contributed by atoms with Gasteiger partial charge in [-0.3, -0.25) is 4.68 Å². The van der Waals surface area contributed by atoms with E-state index in [-0.39, 0.29) is 6.03 Å². The Hall–Kier alpha value is -2.64. The number of rotatable bonds is 4. The van der Waals surface area contributed by atoms with Crippen LogP contribution in [-0.4, -0.2) is 53.3 Å². The highest BCUT2D eigenvalue weighted by atomic mass is 19.3. The van der Waals surface area contributed by atoms with E-state index < -0.39 is 13.0 Å². The molecule has 0 aliphatic carbocycles. The van der Waals surface area contributed by atoms with Crippen LogP contribution >= 0.6 is 0 Å². The summed E-state index contributed by atoms with van der Waals surface area (Å²) in [6, 6.07) is 9.82. The Morgan fingerprint density at radius 2 is 1.88 bits per heavy atom. The molecule has 1 aliphatic heterocycles. The Labute approximate surface area is 138 Å². The van der Waals surface area contributed by atoms with Gasteiger partial charge in [0.1, 0.15) is 6.54 Å². The number of carbonyl (C=O) groups is 1. The van der Waals surface area contributed by atoms with Crippen LogP contribution in [-0.2, 0) is 6.54 Å². The summed E-state index contributed by atoms with van der Waals surface area (Å²) < 4.78 is 25.7. The summed E-state index contributed by atoms with van der Waals surface area (Å²) in [5, 5.41) is 6.50. The smallest absolute Gasteiger partial charge is 0.322 e. The first-order chi connectivity index (χ1) is 11.6. The number of anilines is 2. The van der Waals surface area contributed by atoms with E-state index in [2.05, 4.69) is 15.3 Å². The van der Waals surface area contributed by atoms with Crippen molar-refractivity contribution < 1.29 is 13.6 Å². The molecule has 1 fully saturated rings. The van der Waals surface area contributed by atoms with Gasteiger partial charge < -0.3 is 15.1 Å². The third-order valence-electron chi connectivity index (χ3n) is 3.90. The van der Waals surface area contributed by atoms with Crippen molar-refractivity contribution in [1.82, 2.24) is 14.7 Å². The molecule has 2 amide bonds. The molecule has 1 N–H and O–H groups in total. The minimum absolute atomic E-state index is 0.237. The average molecular weight is 335 g/mol. The second kappa shape index (κ2) is 7.29. The molecule has 0 atom stereocenters. The molecule has 8 heteroatoms. The van der Waals surface area contributed by atoms with Crippen LogP contribution < -0.4 is 10.2 Å². The summed E-state index contributed by atoms with van der Waals surface area (Å²) in [5.74, 6) is 0. The van der Waals surface area contributed by atoms with E-state index in [1.807, 2.05) is 30.3 Å². The number of piperazine rings is 1. The Balaban J connectivity index is 1.51. The van der Waals surface area contributed by atoms with Crippen LogP contribution in [0.25, 0.3) is 0 Å². The summed E-state index contributed by atoms with van der Waals surface area (Å²) in [5.41, 5.74) is 1.57. The number of benzene rings is 1. The normalized spacial score (nSPS) is 15.0. The fraction of sp³-hybridized carbons (Fsp3) is 0.375. The standard InChI is InChI=1S/C16H19F2N5O/c17-15(18)12-23-11-13(10-19-23)20-16(24)22-8-6-21(7-9-22)14-4-2-1-3-5-14/h1-5,10-11,15H,6-9,12H2,(H,20,24). The number of nitrogens with zero attached hydrogens (tertiary/aromatic N) is 4. The Morgan fingerprint density at radius 3 is 2.54 bits per heavy atom. The Bertz CT molecular complexity index is 668. The molecule has 0 unspecified atom stereocenters. The fourth-order valence-electron chi connectivity index (χ4n) is 2.68. The highest BCUT2D eigenvalue weighted by Crippen LogP contribution is 2.16. The second-order valence-electron chi connectivity index (χ2n) is 5.58. The van der Waals surface area contributed by atoms with E-state index in [4.69, 9.17) is 0 Å². The van der Waals surface area contributed by atoms with Crippen LogP contribution in [0, 0.1) is 0 Å². The molecule has 6 nitrogen and oxygen atoms in total. The zero-order valence-corrected chi connectivity index (χ0v) is 13.1. The SMILES string of the molecule is O=C(Nc1cnn(CC(F)F)c1)N1CCN(c2ccccc2)CC1. The lowest BCUT2D eigenvalue weighted by Gasteiger charge is -2.35. The van der Waals surface area contributed by atoms with Crippen LogP contribution in [0.1, 0.15) is 0 Å². The summed E-state index contributed by atoms with van der Waals surface area (Å²) in [6.45, 7) is 2.23. The largest absolute Gasteiger partial charge is 0.368 e. The van der Waals surface area contributed by atoms with Crippen molar-refractivity contribution in [3.63, 3.8) is 0 Å². The number of aromatic nitrogens is 2. The van der Waals surface area contributed by atoms with Crippen molar-refractivity contribution in [2.45, 2.75) is 13.0 Å². The van der Waals surface area contributed by atoms with E-state index in [0.29, 0.717) is 18.8 Å². The number of para-hydroxylation sites is 1. The lowest BCUT2D eigenvalue weighted by atomic mass is 10.2. The zero-order valence-electron chi connectivity index (χ0n) is 13.1. The number of halogens is 2. The van der Waals surface area contributed by atoms with Gasteiger partial charge in [-0.2, -0.15) is 5.10 Å². The van der Waals surface area contributed by atoms with E-state index in [0.717, 1.165) is 23.5 Å². The predicted molar refractivity (Wildman–Crippen MR) is 87.5 cm³/mol. The van der Waals surface area contributed by atoms with E-state index in [1.54, 1.807) is 4.90 Å². The van der Waals surface area contributed by atoms with Gasteiger partial charge >= 0.3 is 6.03 Å². The van der Waals surface area contributed by atoms with E-state index in [9.17, 15) is 13.6 Å². The van der Waals surface area contributed by atoms with Gasteiger partial charge in [0.05, 0.1) is 11.9 Å². The number of nitrogens with one attached hydrogen (secondary N) is 1. The Morgan fingerprint density at radius 1 is 1.17 bits per heavy atom. The highest BCUT2D eigenvalue weighted by Gasteiger charge is 2.21. The molecule has 2 heterocycles. The molecule has 0 saturated carbocycles. The number of urea groups is 1. The molecule has 3 rings (SSSR count). The van der Waals surface area contributed by atoms with Crippen molar-refractivity contribution in [3.05, 3.63) is 42.7 Å². The molecule has 0 bridgehead atoms. The van der Waals surface area contributed by atoms with Crippen molar-refractivity contribution in [2.24, 2.45) is 0 Å². The van der Waals surface area contributed by atoms with Crippen LogP contribution in [0.4, 0.5) is 25.0 Å². The maximum atomic E-state index is 12.3. The molecule has 0 radical (unpaired) electrons. The van der Waals surface area contributed by atoms with E-state index in [1.165, 1.54) is 12.4 Å². The second-order valence-corrected chi connectivity index (χ2v) is 5.58. The maximum absolute atomic E-state index is 12.3. The average Bonchev–Trinajstić information content (AvgIpc) is 3.02. The number of amides is 2. The van der Waals surface area contributed by atoms with Crippen molar-refractivity contribution in [3.8, 4) is 0 Å². The van der Waals surface area contributed by atoms with Crippen LogP contribution in [0.15, 0.2) is 42.7 Å². The summed E-state index contributed by atoms with van der Waals surface area (Å²) in [6.07, 6.45) is 0.310. The lowest BCUT2D eigenvalue weighted by Crippen LogP contribution is -2.50. The van der Waals surface area contributed by atoms with Gasteiger partial charge in [0.15, 0.2) is 0 Å². The maximum Gasteiger partial charge on any atom is 0.322 e. The summed E-state index contributed by atoms with van der Waals surface area (Å²) in [4.78, 5) is 16.2. The van der Waals surface area contributed by atoms with E-state index >= 15 is 0 Å². The van der Waals surface area contributed by atoms with Crippen LogP contribution in [0.2, 0.25) is 0 Å². The number of carbonyl (C=O) groups excluding carboxylic acids is 1. The molecule has 0 spiro atoms. The first kappa shape index (κ1) is 16.2. The number of hydrogen-bond donors (Lipinski definition) is 1. The first-order valence-corrected chi connectivity index (χ1v) is 7.78. The third-order valence-corrected chi connectivity index (χ3v) is 3.90.